The number of carbonyl (C=O) groups excluding carboxylic acids is 1. The van der Waals surface area contributed by atoms with E-state index in [4.69, 9.17) is 0 Å². The van der Waals surface area contributed by atoms with E-state index in [-0.39, 0.29) is 5.91 Å². The number of nitrogens with one attached hydrogen (secondary N) is 1. The lowest BCUT2D eigenvalue weighted by atomic mass is 9.93. The van der Waals surface area contributed by atoms with Crippen molar-refractivity contribution in [3.8, 4) is 0 Å². The van der Waals surface area contributed by atoms with Gasteiger partial charge in [-0.15, -0.1) is 0 Å². The maximum Gasteiger partial charge on any atom is 0.224 e. The van der Waals surface area contributed by atoms with Crippen molar-refractivity contribution in [2.75, 3.05) is 25.5 Å². The normalized spacial score (nSPS) is 17.7. The molecule has 0 aliphatic carbocycles. The third-order valence-corrected chi connectivity index (χ3v) is 4.16. The average molecular weight is 358 g/mol. The molecule has 1 aromatic carbocycles. The van der Waals surface area contributed by atoms with Crippen LogP contribution in [0, 0.1) is 9.49 Å². The lowest BCUT2D eigenvalue weighted by molar-refractivity contribution is -0.117. The molecular weight excluding hydrogens is 339 g/mol. The lowest BCUT2D eigenvalue weighted by Crippen LogP contribution is -2.31. The van der Waals surface area contributed by atoms with Gasteiger partial charge in [0.25, 0.3) is 0 Å². The summed E-state index contributed by atoms with van der Waals surface area (Å²) in [5.74, 6) is 0.691. The zero-order valence-corrected chi connectivity index (χ0v) is 12.8. The number of hydrogen-bond acceptors (Lipinski definition) is 2. The number of amides is 1. The van der Waals surface area contributed by atoms with E-state index in [1.54, 1.807) is 0 Å². The Bertz CT molecular complexity index is 397. The molecule has 0 spiro atoms. The minimum atomic E-state index is 0.144. The molecule has 18 heavy (non-hydrogen) atoms. The number of anilines is 1. The molecule has 1 heterocycles. The van der Waals surface area contributed by atoms with Gasteiger partial charge in [0.1, 0.15) is 0 Å². The highest BCUT2D eigenvalue weighted by molar-refractivity contribution is 14.1. The smallest absolute Gasteiger partial charge is 0.224 e. The molecule has 3 nitrogen and oxygen atoms in total. The van der Waals surface area contributed by atoms with Gasteiger partial charge in [-0.1, -0.05) is 0 Å². The Morgan fingerprint density at radius 2 is 1.94 bits per heavy atom. The van der Waals surface area contributed by atoms with E-state index in [0.29, 0.717) is 12.3 Å². The molecule has 1 saturated heterocycles. The van der Waals surface area contributed by atoms with Gasteiger partial charge in [-0.05, 0) is 85.8 Å². The fraction of sp³-hybridized carbons (Fsp3) is 0.500. The molecule has 1 aliphatic heterocycles. The quantitative estimate of drug-likeness (QED) is 0.843. The van der Waals surface area contributed by atoms with Gasteiger partial charge in [0.15, 0.2) is 0 Å². The average Bonchev–Trinajstić information content (AvgIpc) is 2.35. The van der Waals surface area contributed by atoms with E-state index in [2.05, 4.69) is 39.9 Å². The summed E-state index contributed by atoms with van der Waals surface area (Å²) >= 11 is 2.26. The van der Waals surface area contributed by atoms with Gasteiger partial charge in [-0.2, -0.15) is 0 Å². The molecule has 0 atom stereocenters. The molecule has 1 fully saturated rings. The minimum absolute atomic E-state index is 0.144. The third kappa shape index (κ3) is 4.24. The predicted octanol–water partition coefficient (Wildman–Crippen LogP) is 2.96. The standard InChI is InChI=1S/C14H19IN2O/c1-17-8-6-11(7-9-17)10-14(18)16-13-4-2-12(15)3-5-13/h2-5,11H,6-10H2,1H3,(H,16,18). The van der Waals surface area contributed by atoms with Crippen molar-refractivity contribution in [2.45, 2.75) is 19.3 Å². The number of hydrogen-bond donors (Lipinski definition) is 1. The van der Waals surface area contributed by atoms with Crippen molar-refractivity contribution in [2.24, 2.45) is 5.92 Å². The fourth-order valence-corrected chi connectivity index (χ4v) is 2.63. The van der Waals surface area contributed by atoms with E-state index >= 15 is 0 Å². The van der Waals surface area contributed by atoms with Crippen LogP contribution in [-0.4, -0.2) is 30.9 Å². The molecule has 1 aliphatic rings. The SMILES string of the molecule is CN1CCC(CC(=O)Nc2ccc(I)cc2)CC1. The summed E-state index contributed by atoms with van der Waals surface area (Å²) in [6, 6.07) is 7.92. The van der Waals surface area contributed by atoms with Crippen LogP contribution in [0.5, 0.6) is 0 Å². The second-order valence-corrected chi connectivity index (χ2v) is 6.25. The fourth-order valence-electron chi connectivity index (χ4n) is 2.27. The van der Waals surface area contributed by atoms with Crippen LogP contribution in [0.4, 0.5) is 5.69 Å². The Labute approximate surface area is 122 Å². The molecule has 1 aromatic rings. The van der Waals surface area contributed by atoms with Crippen LogP contribution in [-0.2, 0) is 4.79 Å². The summed E-state index contributed by atoms with van der Waals surface area (Å²) in [5.41, 5.74) is 0.897. The molecule has 0 bridgehead atoms. The van der Waals surface area contributed by atoms with Gasteiger partial charge in [0.05, 0.1) is 0 Å². The van der Waals surface area contributed by atoms with Crippen molar-refractivity contribution >= 4 is 34.2 Å². The highest BCUT2D eigenvalue weighted by Gasteiger charge is 2.19. The second-order valence-electron chi connectivity index (χ2n) is 5.01. The molecule has 0 radical (unpaired) electrons. The summed E-state index contributed by atoms with van der Waals surface area (Å²) in [7, 11) is 2.14. The van der Waals surface area contributed by atoms with Crippen molar-refractivity contribution in [1.29, 1.82) is 0 Å². The van der Waals surface area contributed by atoms with Crippen molar-refractivity contribution in [1.82, 2.24) is 4.90 Å². The van der Waals surface area contributed by atoms with Crippen molar-refractivity contribution in [3.63, 3.8) is 0 Å². The number of halogens is 1. The topological polar surface area (TPSA) is 32.3 Å². The first-order valence-corrected chi connectivity index (χ1v) is 7.45. The Morgan fingerprint density at radius 1 is 1.33 bits per heavy atom. The highest BCUT2D eigenvalue weighted by atomic mass is 127. The van der Waals surface area contributed by atoms with E-state index in [1.165, 1.54) is 3.57 Å². The molecule has 2 rings (SSSR count). The Balaban J connectivity index is 1.80. The molecule has 4 heteroatoms. The van der Waals surface area contributed by atoms with Crippen LogP contribution in [0.2, 0.25) is 0 Å². The molecule has 98 valence electrons. The van der Waals surface area contributed by atoms with Crippen molar-refractivity contribution < 1.29 is 4.79 Å². The van der Waals surface area contributed by atoms with Crippen LogP contribution < -0.4 is 5.32 Å². The van der Waals surface area contributed by atoms with E-state index in [0.717, 1.165) is 31.6 Å². The number of rotatable bonds is 3. The zero-order chi connectivity index (χ0) is 13.0. The molecular formula is C14H19IN2O. The number of piperidine rings is 1. The maximum atomic E-state index is 11.9. The van der Waals surface area contributed by atoms with Crippen molar-refractivity contribution in [3.05, 3.63) is 27.8 Å². The zero-order valence-electron chi connectivity index (χ0n) is 10.7. The van der Waals surface area contributed by atoms with Gasteiger partial charge in [0, 0.05) is 15.7 Å². The first-order chi connectivity index (χ1) is 8.63. The molecule has 0 aromatic heterocycles. The second kappa shape index (κ2) is 6.52. The van der Waals surface area contributed by atoms with Crippen LogP contribution in [0.3, 0.4) is 0 Å². The molecule has 0 saturated carbocycles. The molecule has 1 N–H and O–H groups in total. The Morgan fingerprint density at radius 3 is 2.56 bits per heavy atom. The van der Waals surface area contributed by atoms with E-state index in [9.17, 15) is 4.79 Å². The van der Waals surface area contributed by atoms with Gasteiger partial charge < -0.3 is 10.2 Å². The number of nitrogens with zero attached hydrogens (tertiary/aromatic N) is 1. The Hall–Kier alpha value is -0.620. The summed E-state index contributed by atoms with van der Waals surface area (Å²) in [6.07, 6.45) is 2.92. The largest absolute Gasteiger partial charge is 0.326 e. The van der Waals surface area contributed by atoms with Gasteiger partial charge in [0.2, 0.25) is 5.91 Å². The first-order valence-electron chi connectivity index (χ1n) is 6.37. The summed E-state index contributed by atoms with van der Waals surface area (Å²) in [6.45, 7) is 2.23. The van der Waals surface area contributed by atoms with E-state index in [1.807, 2.05) is 24.3 Å². The van der Waals surface area contributed by atoms with Crippen LogP contribution in [0.15, 0.2) is 24.3 Å². The van der Waals surface area contributed by atoms with Gasteiger partial charge in [-0.3, -0.25) is 4.79 Å². The number of carbonyl (C=O) groups is 1. The van der Waals surface area contributed by atoms with Gasteiger partial charge >= 0.3 is 0 Å². The molecule has 1 amide bonds. The maximum absolute atomic E-state index is 11.9. The van der Waals surface area contributed by atoms with Gasteiger partial charge in [-0.25, -0.2) is 0 Å². The summed E-state index contributed by atoms with van der Waals surface area (Å²) < 4.78 is 1.18. The number of benzene rings is 1. The highest BCUT2D eigenvalue weighted by Crippen LogP contribution is 2.20. The lowest BCUT2D eigenvalue weighted by Gasteiger charge is -2.28. The predicted molar refractivity (Wildman–Crippen MR) is 82.6 cm³/mol. The Kier molecular flexibility index (Phi) is 5.00. The third-order valence-electron chi connectivity index (χ3n) is 3.44. The van der Waals surface area contributed by atoms with Crippen LogP contribution >= 0.6 is 22.6 Å². The van der Waals surface area contributed by atoms with E-state index < -0.39 is 0 Å². The summed E-state index contributed by atoms with van der Waals surface area (Å²) in [4.78, 5) is 14.2. The van der Waals surface area contributed by atoms with Crippen LogP contribution in [0.25, 0.3) is 0 Å². The first kappa shape index (κ1) is 13.8. The van der Waals surface area contributed by atoms with Crippen LogP contribution in [0.1, 0.15) is 19.3 Å². The monoisotopic (exact) mass is 358 g/mol. The minimum Gasteiger partial charge on any atom is -0.326 e. The number of likely N-dealkylation sites (tertiary alicyclic amines) is 1. The summed E-state index contributed by atoms with van der Waals surface area (Å²) in [5, 5.41) is 2.97. The molecule has 0 unspecified atom stereocenters.